The molecule has 2 atom stereocenters. The van der Waals surface area contributed by atoms with Gasteiger partial charge in [-0.1, -0.05) is 31.9 Å². The van der Waals surface area contributed by atoms with Gasteiger partial charge in [0.2, 0.25) is 0 Å². The van der Waals surface area contributed by atoms with Crippen molar-refractivity contribution in [2.24, 2.45) is 16.7 Å². The highest BCUT2D eigenvalue weighted by Crippen LogP contribution is 2.72. The zero-order valence-corrected chi connectivity index (χ0v) is 8.99. The van der Waals surface area contributed by atoms with Crippen LogP contribution in [0.5, 0.6) is 0 Å². The third-order valence-corrected chi connectivity index (χ3v) is 4.72. The van der Waals surface area contributed by atoms with Crippen molar-refractivity contribution in [3.63, 3.8) is 0 Å². The maximum absolute atomic E-state index is 2.46. The first-order valence-electron chi connectivity index (χ1n) is 5.05. The molecular formula is C12H20. The summed E-state index contributed by atoms with van der Waals surface area (Å²) in [6.07, 6.45) is 2.81. The fourth-order valence-corrected chi connectivity index (χ4v) is 3.19. The summed E-state index contributed by atoms with van der Waals surface area (Å²) in [5.41, 5.74) is 4.56. The molecule has 0 radical (unpaired) electrons. The quantitative estimate of drug-likeness (QED) is 0.478. The number of hydrogen-bond donors (Lipinski definition) is 0. The highest BCUT2D eigenvalue weighted by atomic mass is 14.7. The van der Waals surface area contributed by atoms with E-state index in [0.717, 1.165) is 5.92 Å². The number of rotatable bonds is 0. The molecule has 0 amide bonds. The Balaban J connectivity index is 2.40. The maximum atomic E-state index is 2.46. The lowest BCUT2D eigenvalue weighted by molar-refractivity contribution is -0.0346. The minimum Gasteiger partial charge on any atom is -0.0769 e. The number of allylic oxidation sites excluding steroid dienone is 2. The molecule has 0 spiro atoms. The first-order valence-corrected chi connectivity index (χ1v) is 5.05. The fraction of sp³-hybridized carbons (Fsp3) is 0.833. The molecule has 2 unspecified atom stereocenters. The largest absolute Gasteiger partial charge is 0.0769 e. The van der Waals surface area contributed by atoms with Crippen LogP contribution in [0.1, 0.15) is 47.5 Å². The molecule has 0 aromatic rings. The van der Waals surface area contributed by atoms with Crippen LogP contribution in [-0.4, -0.2) is 0 Å². The van der Waals surface area contributed by atoms with E-state index in [1.165, 1.54) is 12.8 Å². The zero-order chi connectivity index (χ0) is 9.15. The summed E-state index contributed by atoms with van der Waals surface area (Å²) >= 11 is 0. The van der Waals surface area contributed by atoms with Gasteiger partial charge in [0, 0.05) is 0 Å². The van der Waals surface area contributed by atoms with Gasteiger partial charge in [0.15, 0.2) is 0 Å². The first kappa shape index (κ1) is 8.34. The Morgan fingerprint density at radius 3 is 2.00 bits per heavy atom. The average Bonchev–Trinajstić information content (AvgIpc) is 2.38. The van der Waals surface area contributed by atoms with E-state index in [9.17, 15) is 0 Å². The van der Waals surface area contributed by atoms with E-state index in [2.05, 4.69) is 34.6 Å². The molecule has 0 heterocycles. The molecule has 3 aliphatic carbocycles. The third-order valence-electron chi connectivity index (χ3n) is 4.72. The molecular weight excluding hydrogens is 144 g/mol. The minimum atomic E-state index is 0.583. The van der Waals surface area contributed by atoms with Crippen molar-refractivity contribution < 1.29 is 0 Å². The van der Waals surface area contributed by atoms with Gasteiger partial charge in [-0.25, -0.2) is 0 Å². The lowest BCUT2D eigenvalue weighted by Gasteiger charge is -2.53. The summed E-state index contributed by atoms with van der Waals surface area (Å²) in [6, 6.07) is 0. The van der Waals surface area contributed by atoms with Crippen molar-refractivity contribution in [1.29, 1.82) is 0 Å². The molecule has 0 heteroatoms. The van der Waals surface area contributed by atoms with Crippen molar-refractivity contribution in [2.75, 3.05) is 0 Å². The molecule has 0 aromatic heterocycles. The lowest BCUT2D eigenvalue weighted by atomic mass is 9.51. The van der Waals surface area contributed by atoms with Gasteiger partial charge >= 0.3 is 0 Å². The molecule has 3 saturated carbocycles. The van der Waals surface area contributed by atoms with Crippen molar-refractivity contribution in [1.82, 2.24) is 0 Å². The molecule has 0 nitrogen and oxygen atoms in total. The van der Waals surface area contributed by atoms with Crippen LogP contribution in [0.4, 0.5) is 0 Å². The Kier molecular flexibility index (Phi) is 1.37. The van der Waals surface area contributed by atoms with Crippen LogP contribution >= 0.6 is 0 Å². The second-order valence-corrected chi connectivity index (χ2v) is 5.74. The standard InChI is InChI=1S/C12H20/c1-8(2)9-6-12(5)7-10(9)11(12,3)4/h10H,6-7H2,1-5H3. The average molecular weight is 164 g/mol. The SMILES string of the molecule is CC(C)=C1CC2(C)CC1C2(C)C. The van der Waals surface area contributed by atoms with Crippen LogP contribution in [0.3, 0.4) is 0 Å². The van der Waals surface area contributed by atoms with Crippen molar-refractivity contribution in [2.45, 2.75) is 47.5 Å². The van der Waals surface area contributed by atoms with Gasteiger partial charge < -0.3 is 0 Å². The Morgan fingerprint density at radius 1 is 1.25 bits per heavy atom. The van der Waals surface area contributed by atoms with Gasteiger partial charge in [-0.2, -0.15) is 0 Å². The summed E-state index contributed by atoms with van der Waals surface area (Å²) in [6.45, 7) is 11.9. The van der Waals surface area contributed by atoms with E-state index >= 15 is 0 Å². The summed E-state index contributed by atoms with van der Waals surface area (Å²) in [5, 5.41) is 0. The van der Waals surface area contributed by atoms with Gasteiger partial charge in [-0.3, -0.25) is 0 Å². The Hall–Kier alpha value is -0.260. The van der Waals surface area contributed by atoms with E-state index in [-0.39, 0.29) is 0 Å². The van der Waals surface area contributed by atoms with Crippen molar-refractivity contribution in [3.05, 3.63) is 11.1 Å². The van der Waals surface area contributed by atoms with E-state index < -0.39 is 0 Å². The fourth-order valence-electron chi connectivity index (χ4n) is 3.19. The van der Waals surface area contributed by atoms with Crippen LogP contribution in [-0.2, 0) is 0 Å². The topological polar surface area (TPSA) is 0 Å². The van der Waals surface area contributed by atoms with Crippen LogP contribution in [0.2, 0.25) is 0 Å². The van der Waals surface area contributed by atoms with Gasteiger partial charge in [0.1, 0.15) is 0 Å². The Bertz CT molecular complexity index is 250. The van der Waals surface area contributed by atoms with E-state index in [4.69, 9.17) is 0 Å². The molecule has 3 fully saturated rings. The maximum Gasteiger partial charge on any atom is -0.0138 e. The van der Waals surface area contributed by atoms with Crippen LogP contribution in [0.15, 0.2) is 11.1 Å². The van der Waals surface area contributed by atoms with E-state index in [0.29, 0.717) is 10.8 Å². The molecule has 0 saturated heterocycles. The van der Waals surface area contributed by atoms with Crippen molar-refractivity contribution >= 4 is 0 Å². The van der Waals surface area contributed by atoms with Crippen LogP contribution < -0.4 is 0 Å². The lowest BCUT2D eigenvalue weighted by Crippen LogP contribution is -2.45. The number of fused-ring (bicyclic) bond motifs is 1. The molecule has 3 aliphatic rings. The highest BCUT2D eigenvalue weighted by molar-refractivity contribution is 5.33. The molecule has 12 heavy (non-hydrogen) atoms. The zero-order valence-electron chi connectivity index (χ0n) is 8.99. The molecule has 0 aromatic carbocycles. The van der Waals surface area contributed by atoms with Gasteiger partial charge in [0.25, 0.3) is 0 Å². The van der Waals surface area contributed by atoms with Crippen molar-refractivity contribution in [3.8, 4) is 0 Å². The molecule has 68 valence electrons. The Labute approximate surface area is 76.1 Å². The van der Waals surface area contributed by atoms with E-state index in [1.54, 1.807) is 11.1 Å². The summed E-state index contributed by atoms with van der Waals surface area (Å²) < 4.78 is 0. The minimum absolute atomic E-state index is 0.583. The van der Waals surface area contributed by atoms with Gasteiger partial charge in [-0.15, -0.1) is 0 Å². The number of hydrogen-bond acceptors (Lipinski definition) is 0. The smallest absolute Gasteiger partial charge is 0.0138 e. The second-order valence-electron chi connectivity index (χ2n) is 5.74. The second kappa shape index (κ2) is 1.97. The molecule has 2 bridgehead atoms. The summed E-state index contributed by atoms with van der Waals surface area (Å²) in [5.74, 6) is 0.910. The normalized spacial score (nSPS) is 42.8. The van der Waals surface area contributed by atoms with Gasteiger partial charge in [-0.05, 0) is 43.4 Å². The monoisotopic (exact) mass is 164 g/mol. The molecule has 3 rings (SSSR count). The van der Waals surface area contributed by atoms with Gasteiger partial charge in [0.05, 0.1) is 0 Å². The third kappa shape index (κ3) is 0.694. The molecule has 0 N–H and O–H groups in total. The highest BCUT2D eigenvalue weighted by Gasteiger charge is 2.63. The van der Waals surface area contributed by atoms with Crippen LogP contribution in [0, 0.1) is 16.7 Å². The molecule has 0 aliphatic heterocycles. The van der Waals surface area contributed by atoms with Crippen LogP contribution in [0.25, 0.3) is 0 Å². The van der Waals surface area contributed by atoms with E-state index in [1.807, 2.05) is 0 Å². The predicted molar refractivity (Wildman–Crippen MR) is 53.0 cm³/mol. The first-order chi connectivity index (χ1) is 5.38. The predicted octanol–water partition coefficient (Wildman–Crippen LogP) is 3.78. The Morgan fingerprint density at radius 2 is 1.83 bits per heavy atom. The summed E-state index contributed by atoms with van der Waals surface area (Å²) in [4.78, 5) is 0. The summed E-state index contributed by atoms with van der Waals surface area (Å²) in [7, 11) is 0.